The van der Waals surface area contributed by atoms with E-state index < -0.39 is 0 Å². The van der Waals surface area contributed by atoms with Gasteiger partial charge in [0, 0.05) is 6.04 Å². The Morgan fingerprint density at radius 1 is 1.17 bits per heavy atom. The van der Waals surface area contributed by atoms with Crippen LogP contribution in [0, 0.1) is 12.8 Å². The van der Waals surface area contributed by atoms with E-state index in [0.717, 1.165) is 31.8 Å². The van der Waals surface area contributed by atoms with E-state index in [4.69, 9.17) is 5.73 Å². The molecule has 0 aliphatic carbocycles. The average molecular weight is 248 g/mol. The molecule has 102 valence electrons. The lowest BCUT2D eigenvalue weighted by atomic mass is 10.0. The second kappa shape index (κ2) is 8.28. The van der Waals surface area contributed by atoms with Gasteiger partial charge in [-0.15, -0.1) is 0 Å². The monoisotopic (exact) mass is 248 g/mol. The summed E-state index contributed by atoms with van der Waals surface area (Å²) in [4.78, 5) is 0. The fourth-order valence-corrected chi connectivity index (χ4v) is 2.05. The SMILES string of the molecule is Cc1cccc(C[C@@H](N)CCNCCC(C)C)c1. The second-order valence-electron chi connectivity index (χ2n) is 5.67. The molecule has 0 saturated carbocycles. The van der Waals surface area contributed by atoms with E-state index in [2.05, 4.69) is 50.4 Å². The lowest BCUT2D eigenvalue weighted by Gasteiger charge is -2.13. The molecule has 3 N–H and O–H groups in total. The summed E-state index contributed by atoms with van der Waals surface area (Å²) in [5.74, 6) is 0.776. The van der Waals surface area contributed by atoms with Crippen LogP contribution in [-0.2, 0) is 6.42 Å². The predicted molar refractivity (Wildman–Crippen MR) is 79.8 cm³/mol. The van der Waals surface area contributed by atoms with Crippen LogP contribution in [0.3, 0.4) is 0 Å². The van der Waals surface area contributed by atoms with E-state index in [0.29, 0.717) is 0 Å². The molecule has 0 unspecified atom stereocenters. The van der Waals surface area contributed by atoms with Crippen LogP contribution in [0.5, 0.6) is 0 Å². The first-order valence-corrected chi connectivity index (χ1v) is 7.09. The molecule has 1 rings (SSSR count). The zero-order valence-electron chi connectivity index (χ0n) is 12.1. The van der Waals surface area contributed by atoms with Gasteiger partial charge < -0.3 is 11.1 Å². The van der Waals surface area contributed by atoms with Crippen LogP contribution in [0.2, 0.25) is 0 Å². The van der Waals surface area contributed by atoms with Crippen LogP contribution < -0.4 is 11.1 Å². The molecular weight excluding hydrogens is 220 g/mol. The number of nitrogens with two attached hydrogens (primary N) is 1. The van der Waals surface area contributed by atoms with Gasteiger partial charge in [-0.3, -0.25) is 0 Å². The van der Waals surface area contributed by atoms with Crippen molar-refractivity contribution in [1.29, 1.82) is 0 Å². The maximum atomic E-state index is 6.16. The zero-order chi connectivity index (χ0) is 13.4. The molecule has 0 aliphatic heterocycles. The molecule has 1 aromatic carbocycles. The van der Waals surface area contributed by atoms with Crippen LogP contribution in [0.15, 0.2) is 24.3 Å². The summed E-state index contributed by atoms with van der Waals surface area (Å²) in [5, 5.41) is 3.46. The number of rotatable bonds is 8. The molecule has 0 radical (unpaired) electrons. The van der Waals surface area contributed by atoms with Crippen LogP contribution in [-0.4, -0.2) is 19.1 Å². The van der Waals surface area contributed by atoms with Crippen molar-refractivity contribution in [3.8, 4) is 0 Å². The fraction of sp³-hybridized carbons (Fsp3) is 0.625. The van der Waals surface area contributed by atoms with E-state index in [-0.39, 0.29) is 6.04 Å². The molecule has 0 fully saturated rings. The smallest absolute Gasteiger partial charge is 0.00914 e. The Bertz CT molecular complexity index is 334. The first-order chi connectivity index (χ1) is 8.58. The second-order valence-corrected chi connectivity index (χ2v) is 5.67. The van der Waals surface area contributed by atoms with Gasteiger partial charge in [0.25, 0.3) is 0 Å². The summed E-state index contributed by atoms with van der Waals surface area (Å²) in [6.07, 6.45) is 3.27. The van der Waals surface area contributed by atoms with Crippen molar-refractivity contribution in [3.05, 3.63) is 35.4 Å². The van der Waals surface area contributed by atoms with Gasteiger partial charge in [0.2, 0.25) is 0 Å². The van der Waals surface area contributed by atoms with Crippen LogP contribution in [0.1, 0.15) is 37.8 Å². The molecule has 2 nitrogen and oxygen atoms in total. The van der Waals surface area contributed by atoms with Crippen LogP contribution >= 0.6 is 0 Å². The maximum absolute atomic E-state index is 6.16. The molecule has 0 aromatic heterocycles. The highest BCUT2D eigenvalue weighted by Gasteiger charge is 2.04. The topological polar surface area (TPSA) is 38.0 Å². The zero-order valence-corrected chi connectivity index (χ0v) is 12.1. The number of aryl methyl sites for hydroxylation is 1. The number of hydrogen-bond donors (Lipinski definition) is 2. The highest BCUT2D eigenvalue weighted by atomic mass is 14.9. The Morgan fingerprint density at radius 3 is 2.56 bits per heavy atom. The molecular formula is C16H28N2. The van der Waals surface area contributed by atoms with E-state index >= 15 is 0 Å². The van der Waals surface area contributed by atoms with Gasteiger partial charge in [-0.05, 0) is 50.8 Å². The first-order valence-electron chi connectivity index (χ1n) is 7.09. The Kier molecular flexibility index (Phi) is 6.99. The van der Waals surface area contributed by atoms with Gasteiger partial charge in [0.1, 0.15) is 0 Å². The Hall–Kier alpha value is -0.860. The lowest BCUT2D eigenvalue weighted by molar-refractivity contribution is 0.509. The molecule has 0 aliphatic rings. The summed E-state index contributed by atoms with van der Waals surface area (Å²) in [6.45, 7) is 8.77. The first kappa shape index (κ1) is 15.2. The van der Waals surface area contributed by atoms with Gasteiger partial charge in [0.05, 0.1) is 0 Å². The highest BCUT2D eigenvalue weighted by Crippen LogP contribution is 2.07. The Balaban J connectivity index is 2.16. The number of hydrogen-bond acceptors (Lipinski definition) is 2. The molecule has 1 aromatic rings. The molecule has 0 bridgehead atoms. The van der Waals surface area contributed by atoms with Gasteiger partial charge in [-0.1, -0.05) is 43.7 Å². The van der Waals surface area contributed by atoms with E-state index in [1.54, 1.807) is 0 Å². The normalized spacial score (nSPS) is 12.9. The summed E-state index contributed by atoms with van der Waals surface area (Å²) < 4.78 is 0. The van der Waals surface area contributed by atoms with Crippen molar-refractivity contribution in [2.24, 2.45) is 11.7 Å². The Labute approximate surface area is 112 Å². The highest BCUT2D eigenvalue weighted by molar-refractivity contribution is 5.22. The molecule has 1 atom stereocenters. The van der Waals surface area contributed by atoms with Gasteiger partial charge in [-0.2, -0.15) is 0 Å². The number of benzene rings is 1. The van der Waals surface area contributed by atoms with E-state index in [9.17, 15) is 0 Å². The average Bonchev–Trinajstić information content (AvgIpc) is 2.28. The standard InChI is InChI=1S/C16H28N2/c1-13(2)7-9-18-10-8-16(17)12-15-6-4-5-14(3)11-15/h4-6,11,13,16,18H,7-10,12,17H2,1-3H3/t16-/m0/s1. The van der Waals surface area contributed by atoms with Crippen molar-refractivity contribution in [2.75, 3.05) is 13.1 Å². The van der Waals surface area contributed by atoms with Gasteiger partial charge >= 0.3 is 0 Å². The van der Waals surface area contributed by atoms with E-state index in [1.807, 2.05) is 0 Å². The van der Waals surface area contributed by atoms with Gasteiger partial charge in [0.15, 0.2) is 0 Å². The third-order valence-corrected chi connectivity index (χ3v) is 3.17. The van der Waals surface area contributed by atoms with Crippen molar-refractivity contribution in [1.82, 2.24) is 5.32 Å². The molecule has 18 heavy (non-hydrogen) atoms. The fourth-order valence-electron chi connectivity index (χ4n) is 2.05. The van der Waals surface area contributed by atoms with Crippen molar-refractivity contribution in [3.63, 3.8) is 0 Å². The minimum atomic E-state index is 0.262. The van der Waals surface area contributed by atoms with Crippen molar-refractivity contribution < 1.29 is 0 Å². The third kappa shape index (κ3) is 6.77. The number of nitrogens with one attached hydrogen (secondary N) is 1. The molecule has 0 amide bonds. The predicted octanol–water partition coefficient (Wildman–Crippen LogP) is 2.89. The van der Waals surface area contributed by atoms with Crippen molar-refractivity contribution >= 4 is 0 Å². The maximum Gasteiger partial charge on any atom is 0.00914 e. The summed E-state index contributed by atoms with van der Waals surface area (Å²) >= 11 is 0. The quantitative estimate of drug-likeness (QED) is 0.694. The minimum Gasteiger partial charge on any atom is -0.327 e. The molecule has 2 heteroatoms. The summed E-state index contributed by atoms with van der Waals surface area (Å²) in [5.41, 5.74) is 8.82. The summed E-state index contributed by atoms with van der Waals surface area (Å²) in [7, 11) is 0. The lowest BCUT2D eigenvalue weighted by Crippen LogP contribution is -2.29. The largest absolute Gasteiger partial charge is 0.327 e. The molecule has 0 spiro atoms. The van der Waals surface area contributed by atoms with E-state index in [1.165, 1.54) is 17.5 Å². The van der Waals surface area contributed by atoms with Crippen molar-refractivity contribution in [2.45, 2.75) is 46.1 Å². The van der Waals surface area contributed by atoms with Gasteiger partial charge in [-0.25, -0.2) is 0 Å². The molecule has 0 heterocycles. The van der Waals surface area contributed by atoms with Crippen LogP contribution in [0.25, 0.3) is 0 Å². The Morgan fingerprint density at radius 2 is 1.89 bits per heavy atom. The minimum absolute atomic E-state index is 0.262. The van der Waals surface area contributed by atoms with Crippen LogP contribution in [0.4, 0.5) is 0 Å². The molecule has 0 saturated heterocycles. The third-order valence-electron chi connectivity index (χ3n) is 3.17. The summed E-state index contributed by atoms with van der Waals surface area (Å²) in [6, 6.07) is 8.89.